The average Bonchev–Trinajstić information content (AvgIpc) is 3.21. The van der Waals surface area contributed by atoms with Gasteiger partial charge in [-0.2, -0.15) is 0 Å². The van der Waals surface area contributed by atoms with Crippen molar-refractivity contribution in [2.75, 3.05) is 32.7 Å². The van der Waals surface area contributed by atoms with Crippen molar-refractivity contribution in [3.63, 3.8) is 0 Å². The third-order valence-electron chi connectivity index (χ3n) is 6.04. The smallest absolute Gasteiger partial charge is 0.152 e. The summed E-state index contributed by atoms with van der Waals surface area (Å²) in [6, 6.07) is 8.25. The summed E-state index contributed by atoms with van der Waals surface area (Å²) in [5, 5.41) is 4.46. The molecular weight excluding hydrogens is 452 g/mol. The maximum Gasteiger partial charge on any atom is 0.152 e. The molecule has 1 aromatic carbocycles. The van der Waals surface area contributed by atoms with Gasteiger partial charge < -0.3 is 19.4 Å². The molecule has 0 spiro atoms. The predicted molar refractivity (Wildman–Crippen MR) is 144 cm³/mol. The van der Waals surface area contributed by atoms with E-state index in [1.807, 2.05) is 32.3 Å². The van der Waals surface area contributed by atoms with Crippen LogP contribution in [0.25, 0.3) is 22.2 Å². The van der Waals surface area contributed by atoms with Gasteiger partial charge in [-0.15, -0.1) is 0 Å². The highest BCUT2D eigenvalue weighted by molar-refractivity contribution is 5.88. The molecule has 3 aromatic heterocycles. The van der Waals surface area contributed by atoms with E-state index in [4.69, 9.17) is 19.4 Å². The molecule has 4 aromatic rings. The van der Waals surface area contributed by atoms with Crippen molar-refractivity contribution in [1.82, 2.24) is 24.5 Å². The Bertz CT molecular complexity index is 1360. The van der Waals surface area contributed by atoms with E-state index >= 15 is 0 Å². The van der Waals surface area contributed by atoms with Gasteiger partial charge in [0.2, 0.25) is 0 Å². The van der Waals surface area contributed by atoms with E-state index in [-0.39, 0.29) is 5.41 Å². The van der Waals surface area contributed by atoms with Gasteiger partial charge in [0.05, 0.1) is 25.6 Å². The van der Waals surface area contributed by atoms with Gasteiger partial charge in [0, 0.05) is 55.0 Å². The number of nitrogens with one attached hydrogen (secondary N) is 1. The molecule has 0 unspecified atom stereocenters. The van der Waals surface area contributed by atoms with Crippen molar-refractivity contribution in [3.05, 3.63) is 59.6 Å². The molecule has 8 nitrogen and oxygen atoms in total. The second kappa shape index (κ2) is 10.6. The monoisotopic (exact) mass is 488 g/mol. The number of methoxy groups -OCH3 is 2. The molecule has 0 bridgehead atoms. The van der Waals surface area contributed by atoms with Gasteiger partial charge in [-0.1, -0.05) is 32.9 Å². The number of pyridine rings is 1. The average molecular weight is 489 g/mol. The largest absolute Gasteiger partial charge is 0.496 e. The molecule has 190 valence electrons. The van der Waals surface area contributed by atoms with Crippen LogP contribution in [0.3, 0.4) is 0 Å². The van der Waals surface area contributed by atoms with Gasteiger partial charge in [0.1, 0.15) is 22.9 Å². The summed E-state index contributed by atoms with van der Waals surface area (Å²) in [6.07, 6.45) is 4.33. The van der Waals surface area contributed by atoms with Crippen molar-refractivity contribution in [3.8, 4) is 17.0 Å². The molecule has 1 N–H and O–H groups in total. The molecular formula is C28H36N6O2. The number of imidazole rings is 1. The lowest BCUT2D eigenvalue weighted by atomic mass is 9.97. The first-order valence-corrected chi connectivity index (χ1v) is 12.2. The first-order valence-electron chi connectivity index (χ1n) is 12.2. The fourth-order valence-corrected chi connectivity index (χ4v) is 4.15. The molecule has 3 heterocycles. The summed E-state index contributed by atoms with van der Waals surface area (Å²) < 4.78 is 13.2. The molecule has 4 rings (SSSR count). The van der Waals surface area contributed by atoms with E-state index in [0.717, 1.165) is 69.7 Å². The molecule has 0 atom stereocenters. The first kappa shape index (κ1) is 25.6. The topological polar surface area (TPSA) is 87.0 Å². The van der Waals surface area contributed by atoms with Gasteiger partial charge in [-0.25, -0.2) is 19.9 Å². The molecule has 8 heteroatoms. The fraction of sp³-hybridized carbons (Fsp3) is 0.429. The van der Waals surface area contributed by atoms with Gasteiger partial charge >= 0.3 is 0 Å². The third kappa shape index (κ3) is 5.82. The van der Waals surface area contributed by atoms with Crippen LogP contribution in [-0.2, 0) is 17.7 Å². The lowest BCUT2D eigenvalue weighted by molar-refractivity contribution is 0.187. The number of benzene rings is 1. The number of anilines is 1. The summed E-state index contributed by atoms with van der Waals surface area (Å²) in [6.45, 7) is 12.7. The Morgan fingerprint density at radius 2 is 1.81 bits per heavy atom. The van der Waals surface area contributed by atoms with E-state index in [1.165, 1.54) is 0 Å². The fourth-order valence-electron chi connectivity index (χ4n) is 4.15. The van der Waals surface area contributed by atoms with Gasteiger partial charge in [0.15, 0.2) is 5.82 Å². The maximum absolute atomic E-state index is 5.78. The van der Waals surface area contributed by atoms with Crippen LogP contribution in [0.4, 0.5) is 5.82 Å². The molecule has 0 saturated heterocycles. The Balaban J connectivity index is 1.65. The maximum atomic E-state index is 5.78. The molecule has 0 amide bonds. The Morgan fingerprint density at radius 3 is 2.53 bits per heavy atom. The molecule has 0 radical (unpaired) electrons. The van der Waals surface area contributed by atoms with Gasteiger partial charge in [-0.3, -0.25) is 0 Å². The van der Waals surface area contributed by atoms with Crippen molar-refractivity contribution in [2.45, 2.75) is 47.6 Å². The molecule has 0 aliphatic heterocycles. The number of hydrogen-bond donors (Lipinski definition) is 1. The lowest BCUT2D eigenvalue weighted by Crippen LogP contribution is -2.20. The highest BCUT2D eigenvalue weighted by atomic mass is 16.5. The number of rotatable bonds is 9. The van der Waals surface area contributed by atoms with Crippen LogP contribution in [0.15, 0.2) is 36.7 Å². The van der Waals surface area contributed by atoms with Crippen LogP contribution in [0.5, 0.6) is 5.75 Å². The molecule has 0 saturated carbocycles. The summed E-state index contributed by atoms with van der Waals surface area (Å²) >= 11 is 0. The summed E-state index contributed by atoms with van der Waals surface area (Å²) in [4.78, 5) is 18.8. The summed E-state index contributed by atoms with van der Waals surface area (Å²) in [5.74, 6) is 3.26. The SMILES string of the molecule is COCCn1c(-c2ccc(Cc3ncc4cc(C)nc(NCC(C)(C)C)c4n3)c(OC)c2)cnc1C. The minimum atomic E-state index is 0.125. The van der Waals surface area contributed by atoms with E-state index in [9.17, 15) is 0 Å². The molecule has 0 fully saturated rings. The zero-order valence-electron chi connectivity index (χ0n) is 22.3. The number of fused-ring (bicyclic) bond motifs is 1. The molecule has 0 aliphatic carbocycles. The molecule has 36 heavy (non-hydrogen) atoms. The van der Waals surface area contributed by atoms with Crippen LogP contribution < -0.4 is 10.1 Å². The normalized spacial score (nSPS) is 11.8. The minimum absolute atomic E-state index is 0.125. The number of ether oxygens (including phenoxy) is 2. The van der Waals surface area contributed by atoms with E-state index < -0.39 is 0 Å². The van der Waals surface area contributed by atoms with E-state index in [2.05, 4.69) is 58.8 Å². The quantitative estimate of drug-likeness (QED) is 0.346. The Morgan fingerprint density at radius 1 is 1.00 bits per heavy atom. The van der Waals surface area contributed by atoms with Crippen molar-refractivity contribution < 1.29 is 9.47 Å². The second-order valence-corrected chi connectivity index (χ2v) is 10.3. The van der Waals surface area contributed by atoms with Crippen LogP contribution in [-0.4, -0.2) is 51.9 Å². The van der Waals surface area contributed by atoms with Crippen LogP contribution in [0.2, 0.25) is 0 Å². The third-order valence-corrected chi connectivity index (χ3v) is 6.04. The van der Waals surface area contributed by atoms with Crippen LogP contribution in [0, 0.1) is 19.3 Å². The summed E-state index contributed by atoms with van der Waals surface area (Å²) in [7, 11) is 3.40. The Labute approximate surface area is 213 Å². The number of hydrogen-bond acceptors (Lipinski definition) is 7. The van der Waals surface area contributed by atoms with Crippen LogP contribution >= 0.6 is 0 Å². The van der Waals surface area contributed by atoms with Gasteiger partial charge in [-0.05, 0) is 31.4 Å². The number of aromatic nitrogens is 5. The van der Waals surface area contributed by atoms with Gasteiger partial charge in [0.25, 0.3) is 0 Å². The van der Waals surface area contributed by atoms with Crippen molar-refractivity contribution >= 4 is 16.7 Å². The van der Waals surface area contributed by atoms with Crippen molar-refractivity contribution in [1.29, 1.82) is 0 Å². The Kier molecular flexibility index (Phi) is 7.54. The van der Waals surface area contributed by atoms with Crippen molar-refractivity contribution in [2.24, 2.45) is 5.41 Å². The van der Waals surface area contributed by atoms with E-state index in [1.54, 1.807) is 14.2 Å². The zero-order valence-corrected chi connectivity index (χ0v) is 22.3. The second-order valence-electron chi connectivity index (χ2n) is 10.3. The number of aryl methyl sites for hydroxylation is 2. The highest BCUT2D eigenvalue weighted by Crippen LogP contribution is 2.30. The first-order chi connectivity index (χ1) is 17.2. The predicted octanol–water partition coefficient (Wildman–Crippen LogP) is 5.21. The Hall–Kier alpha value is -3.52. The summed E-state index contributed by atoms with van der Waals surface area (Å²) in [5.41, 5.74) is 4.99. The van der Waals surface area contributed by atoms with E-state index in [0.29, 0.717) is 13.0 Å². The molecule has 0 aliphatic rings. The standard InChI is InChI=1S/C28H36N6O2/c1-18-12-22-15-30-25(33-26(22)27(32-18)31-17-28(3,4)5)14-21-9-8-20(13-24(21)36-7)23-16-29-19(2)34(23)10-11-35-6/h8-9,12-13,15-16H,10-11,14,17H2,1-7H3,(H,31,32). The minimum Gasteiger partial charge on any atom is -0.496 e. The lowest BCUT2D eigenvalue weighted by Gasteiger charge is -2.20. The number of nitrogens with zero attached hydrogens (tertiary/aromatic N) is 5. The zero-order chi connectivity index (χ0) is 25.9. The van der Waals surface area contributed by atoms with Crippen LogP contribution in [0.1, 0.15) is 43.7 Å². The highest BCUT2D eigenvalue weighted by Gasteiger charge is 2.16.